The molecule has 2 heterocycles. The number of esters is 1. The Morgan fingerprint density at radius 1 is 1.06 bits per heavy atom. The highest BCUT2D eigenvalue weighted by molar-refractivity contribution is 7.89. The number of sulfonamides is 1. The van der Waals surface area contributed by atoms with Crippen LogP contribution in [-0.2, 0) is 24.3 Å². The van der Waals surface area contributed by atoms with Gasteiger partial charge < -0.3 is 19.1 Å². The third-order valence-electron chi connectivity index (χ3n) is 5.69. The van der Waals surface area contributed by atoms with Crippen molar-refractivity contribution >= 4 is 21.9 Å². The van der Waals surface area contributed by atoms with Crippen molar-refractivity contribution in [3.8, 4) is 5.75 Å². The summed E-state index contributed by atoms with van der Waals surface area (Å²) >= 11 is 0. The molecule has 32 heavy (non-hydrogen) atoms. The maximum atomic E-state index is 13.1. The number of carbonyl (C=O) groups is 2. The van der Waals surface area contributed by atoms with Gasteiger partial charge in [0.05, 0.1) is 24.2 Å². The van der Waals surface area contributed by atoms with Gasteiger partial charge in [0.1, 0.15) is 11.3 Å². The molecule has 9 nitrogen and oxygen atoms in total. The Labute approximate surface area is 189 Å². The topological polar surface area (TPSA) is 102 Å². The number of ether oxygens (including phenoxy) is 3. The molecule has 0 N–H and O–H groups in total. The van der Waals surface area contributed by atoms with Gasteiger partial charge in [-0.25, -0.2) is 13.2 Å². The van der Waals surface area contributed by atoms with Crippen molar-refractivity contribution in [2.24, 2.45) is 0 Å². The van der Waals surface area contributed by atoms with E-state index in [-0.39, 0.29) is 34.3 Å². The van der Waals surface area contributed by atoms with E-state index in [0.29, 0.717) is 26.2 Å². The van der Waals surface area contributed by atoms with E-state index in [1.54, 1.807) is 4.90 Å². The summed E-state index contributed by atoms with van der Waals surface area (Å²) < 4.78 is 43.8. The average molecular weight is 469 g/mol. The zero-order valence-corrected chi connectivity index (χ0v) is 19.7. The summed E-state index contributed by atoms with van der Waals surface area (Å²) in [4.78, 5) is 26.9. The SMILES string of the molecule is COc1ccc(S(=O)(=O)N2CCCCCC2)cc1C(=O)OCC(=O)N1C[C@@H](C)O[C@@H](C)C1. The van der Waals surface area contributed by atoms with E-state index in [1.807, 2.05) is 13.8 Å². The molecule has 0 saturated carbocycles. The van der Waals surface area contributed by atoms with Crippen LogP contribution in [0.3, 0.4) is 0 Å². The van der Waals surface area contributed by atoms with Crippen LogP contribution in [0.15, 0.2) is 23.1 Å². The maximum absolute atomic E-state index is 13.1. The van der Waals surface area contributed by atoms with Crippen LogP contribution in [0, 0.1) is 0 Å². The van der Waals surface area contributed by atoms with Gasteiger partial charge in [0, 0.05) is 26.2 Å². The van der Waals surface area contributed by atoms with Gasteiger partial charge in [-0.1, -0.05) is 12.8 Å². The van der Waals surface area contributed by atoms with Crippen molar-refractivity contribution in [1.82, 2.24) is 9.21 Å². The summed E-state index contributed by atoms with van der Waals surface area (Å²) in [6.45, 7) is 5.08. The van der Waals surface area contributed by atoms with Crippen molar-refractivity contribution < 1.29 is 32.2 Å². The second-order valence-electron chi connectivity index (χ2n) is 8.31. The van der Waals surface area contributed by atoms with Gasteiger partial charge in [0.15, 0.2) is 6.61 Å². The second-order valence-corrected chi connectivity index (χ2v) is 10.3. The van der Waals surface area contributed by atoms with Gasteiger partial charge >= 0.3 is 5.97 Å². The van der Waals surface area contributed by atoms with Crippen LogP contribution in [0.1, 0.15) is 49.9 Å². The molecular weight excluding hydrogens is 436 g/mol. The molecule has 0 aliphatic carbocycles. The van der Waals surface area contributed by atoms with E-state index in [9.17, 15) is 18.0 Å². The molecule has 2 aliphatic heterocycles. The van der Waals surface area contributed by atoms with Crippen LogP contribution in [0.2, 0.25) is 0 Å². The summed E-state index contributed by atoms with van der Waals surface area (Å²) in [6, 6.07) is 4.14. The maximum Gasteiger partial charge on any atom is 0.342 e. The van der Waals surface area contributed by atoms with Crippen LogP contribution < -0.4 is 4.74 Å². The molecular formula is C22H32N2O7S. The Hall–Kier alpha value is -2.17. The minimum atomic E-state index is -3.75. The van der Waals surface area contributed by atoms with Gasteiger partial charge in [0.2, 0.25) is 10.0 Å². The van der Waals surface area contributed by atoms with Crippen molar-refractivity contribution in [3.05, 3.63) is 23.8 Å². The molecule has 0 bridgehead atoms. The molecule has 10 heteroatoms. The lowest BCUT2D eigenvalue weighted by atomic mass is 10.2. The Kier molecular flexibility index (Phi) is 8.13. The number of morpholine rings is 1. The number of rotatable bonds is 6. The van der Waals surface area contributed by atoms with Gasteiger partial charge in [0.25, 0.3) is 5.91 Å². The van der Waals surface area contributed by atoms with Crippen molar-refractivity contribution in [2.45, 2.75) is 56.6 Å². The zero-order valence-electron chi connectivity index (χ0n) is 18.9. The quantitative estimate of drug-likeness (QED) is 0.589. The van der Waals surface area contributed by atoms with E-state index in [0.717, 1.165) is 25.7 Å². The fraction of sp³-hybridized carbons (Fsp3) is 0.636. The molecule has 0 radical (unpaired) electrons. The highest BCUT2D eigenvalue weighted by atomic mass is 32.2. The lowest BCUT2D eigenvalue weighted by molar-refractivity contribution is -0.146. The van der Waals surface area contributed by atoms with Gasteiger partial charge in [-0.2, -0.15) is 4.31 Å². The molecule has 2 atom stereocenters. The molecule has 2 fully saturated rings. The molecule has 0 unspecified atom stereocenters. The van der Waals surface area contributed by atoms with Crippen LogP contribution in [0.4, 0.5) is 0 Å². The number of nitrogens with zero attached hydrogens (tertiary/aromatic N) is 2. The first-order chi connectivity index (χ1) is 15.2. The molecule has 3 rings (SSSR count). The molecule has 2 saturated heterocycles. The number of hydrogen-bond donors (Lipinski definition) is 0. The number of hydrogen-bond acceptors (Lipinski definition) is 7. The fourth-order valence-electron chi connectivity index (χ4n) is 4.12. The highest BCUT2D eigenvalue weighted by Gasteiger charge is 2.29. The molecule has 2 aliphatic rings. The summed E-state index contributed by atoms with van der Waals surface area (Å²) in [5.74, 6) is -0.948. The minimum absolute atomic E-state index is 0.00862. The van der Waals surface area contributed by atoms with Crippen LogP contribution in [0.25, 0.3) is 0 Å². The van der Waals surface area contributed by atoms with Crippen molar-refractivity contribution in [3.63, 3.8) is 0 Å². The van der Waals surface area contributed by atoms with Crippen LogP contribution in [-0.4, -0.2) is 81.6 Å². The van der Waals surface area contributed by atoms with Crippen molar-refractivity contribution in [2.75, 3.05) is 39.9 Å². The molecule has 1 amide bonds. The van der Waals surface area contributed by atoms with Gasteiger partial charge in [-0.15, -0.1) is 0 Å². The molecule has 178 valence electrons. The highest BCUT2D eigenvalue weighted by Crippen LogP contribution is 2.27. The number of carbonyl (C=O) groups excluding carboxylic acids is 2. The van der Waals surface area contributed by atoms with Gasteiger partial charge in [-0.3, -0.25) is 4.79 Å². The third kappa shape index (κ3) is 5.79. The first kappa shape index (κ1) is 24.5. The number of methoxy groups -OCH3 is 1. The van der Waals surface area contributed by atoms with Crippen LogP contribution in [0.5, 0.6) is 5.75 Å². The Bertz CT molecular complexity index is 916. The Morgan fingerprint density at radius 2 is 1.69 bits per heavy atom. The second kappa shape index (κ2) is 10.6. The first-order valence-electron chi connectivity index (χ1n) is 11.0. The zero-order chi connectivity index (χ0) is 23.3. The van der Waals surface area contributed by atoms with E-state index in [2.05, 4.69) is 0 Å². The van der Waals surface area contributed by atoms with Gasteiger partial charge in [-0.05, 0) is 44.9 Å². The smallest absolute Gasteiger partial charge is 0.342 e. The number of amides is 1. The fourth-order valence-corrected chi connectivity index (χ4v) is 5.66. The third-order valence-corrected chi connectivity index (χ3v) is 7.59. The summed E-state index contributed by atoms with van der Waals surface area (Å²) in [7, 11) is -2.36. The summed E-state index contributed by atoms with van der Waals surface area (Å²) in [6.07, 6.45) is 3.43. The van der Waals surface area contributed by atoms with Crippen LogP contribution >= 0.6 is 0 Å². The lowest BCUT2D eigenvalue weighted by Crippen LogP contribution is -2.49. The summed E-state index contributed by atoms with van der Waals surface area (Å²) in [5.41, 5.74) is -0.0279. The molecule has 1 aromatic rings. The predicted octanol–water partition coefficient (Wildman–Crippen LogP) is 2.05. The normalized spacial score (nSPS) is 22.8. The van der Waals surface area contributed by atoms with Crippen molar-refractivity contribution in [1.29, 1.82) is 0 Å². The standard InChI is InChI=1S/C22H32N2O7S/c1-16-13-23(14-17(2)31-16)21(25)15-30-22(26)19-12-18(8-9-20(19)29-3)32(27,28)24-10-6-4-5-7-11-24/h8-9,12,16-17H,4-7,10-11,13-15H2,1-3H3/t16-,17+. The van der Waals surface area contributed by atoms with E-state index in [1.165, 1.54) is 29.6 Å². The molecule has 0 spiro atoms. The largest absolute Gasteiger partial charge is 0.496 e. The average Bonchev–Trinajstić information content (AvgIpc) is 3.06. The van der Waals surface area contributed by atoms with E-state index >= 15 is 0 Å². The molecule has 0 aromatic heterocycles. The lowest BCUT2D eigenvalue weighted by Gasteiger charge is -2.35. The summed E-state index contributed by atoms with van der Waals surface area (Å²) in [5, 5.41) is 0. The predicted molar refractivity (Wildman–Crippen MR) is 117 cm³/mol. The first-order valence-corrected chi connectivity index (χ1v) is 12.4. The molecule has 1 aromatic carbocycles. The number of benzene rings is 1. The Morgan fingerprint density at radius 3 is 2.28 bits per heavy atom. The Balaban J connectivity index is 1.73. The minimum Gasteiger partial charge on any atom is -0.496 e. The van der Waals surface area contributed by atoms with E-state index < -0.39 is 22.6 Å². The monoisotopic (exact) mass is 468 g/mol. The van der Waals surface area contributed by atoms with E-state index in [4.69, 9.17) is 14.2 Å².